The fraction of sp³-hybridized carbons (Fsp3) is 0.300. The number of hydrogen-bond donors (Lipinski definition) is 2. The summed E-state index contributed by atoms with van der Waals surface area (Å²) in [5.74, 6) is -0.475. The number of rotatable bonds is 8. The number of nitrogens with zero attached hydrogens (tertiary/aromatic N) is 1. The van der Waals surface area contributed by atoms with Crippen LogP contribution in [0.25, 0.3) is 6.08 Å². The number of carbonyl (C=O) groups is 1. The number of benzene rings is 1. The summed E-state index contributed by atoms with van der Waals surface area (Å²) in [6.07, 6.45) is 0.0388. The Morgan fingerprint density at radius 3 is 2.52 bits per heavy atom. The van der Waals surface area contributed by atoms with Crippen LogP contribution >= 0.6 is 11.6 Å². The number of sulfonamides is 1. The molecule has 1 heterocycles. The second-order valence-corrected chi connectivity index (χ2v) is 8.87. The molecule has 0 aliphatic heterocycles. The van der Waals surface area contributed by atoms with Crippen molar-refractivity contribution in [1.82, 2.24) is 10.3 Å². The first-order valence-corrected chi connectivity index (χ1v) is 11.4. The maximum absolute atomic E-state index is 12.9. The number of pyridine rings is 1. The number of hydrogen-bond acceptors (Lipinski definition) is 4. The lowest BCUT2D eigenvalue weighted by Gasteiger charge is -2.10. The minimum absolute atomic E-state index is 0.0776. The molecule has 2 N–H and O–H groups in total. The van der Waals surface area contributed by atoms with Gasteiger partial charge >= 0.3 is 6.18 Å². The molecule has 0 spiro atoms. The molecule has 0 saturated carbocycles. The van der Waals surface area contributed by atoms with Crippen LogP contribution in [0.15, 0.2) is 36.4 Å². The normalized spacial score (nSPS) is 12.2. The quantitative estimate of drug-likeness (QED) is 0.554. The van der Waals surface area contributed by atoms with Gasteiger partial charge in [0.2, 0.25) is 15.9 Å². The lowest BCUT2D eigenvalue weighted by atomic mass is 10.1. The summed E-state index contributed by atoms with van der Waals surface area (Å²) in [6.45, 7) is 1.90. The largest absolute Gasteiger partial charge is 0.433 e. The molecule has 0 unspecified atom stereocenters. The molecule has 11 heteroatoms. The molecule has 0 saturated heterocycles. The summed E-state index contributed by atoms with van der Waals surface area (Å²) in [6, 6.07) is 6.66. The summed E-state index contributed by atoms with van der Waals surface area (Å²) in [5, 5.41) is 2.87. The van der Waals surface area contributed by atoms with E-state index < -0.39 is 27.8 Å². The lowest BCUT2D eigenvalue weighted by molar-refractivity contribution is -0.141. The van der Waals surface area contributed by atoms with Crippen molar-refractivity contribution >= 4 is 39.3 Å². The highest BCUT2D eigenvalue weighted by Crippen LogP contribution is 2.29. The molecule has 0 bridgehead atoms. The molecule has 0 fully saturated rings. The zero-order chi connectivity index (χ0) is 23.2. The standard InChI is InChI=1S/C20H21ClF3N3O3S/c1-3-4-17-13(6-9-18(26-17)20(22,23)24)7-10-19(28)25-12-14-5-8-15(11-16(14)21)27-31(2,29)30/h5-11,27H,3-4,12H2,1-2H3,(H,25,28)/b10-7-. The second kappa shape index (κ2) is 10.1. The summed E-state index contributed by atoms with van der Waals surface area (Å²) < 4.78 is 63.4. The number of alkyl halides is 3. The third kappa shape index (κ3) is 7.87. The van der Waals surface area contributed by atoms with Crippen LogP contribution in [0, 0.1) is 0 Å². The zero-order valence-electron chi connectivity index (χ0n) is 16.8. The second-order valence-electron chi connectivity index (χ2n) is 6.71. The van der Waals surface area contributed by atoms with E-state index in [-0.39, 0.29) is 17.3 Å². The van der Waals surface area contributed by atoms with E-state index in [4.69, 9.17) is 11.6 Å². The number of anilines is 1. The molecule has 168 valence electrons. The lowest BCUT2D eigenvalue weighted by Crippen LogP contribution is -2.20. The van der Waals surface area contributed by atoms with E-state index in [0.717, 1.165) is 12.3 Å². The molecule has 1 amide bonds. The van der Waals surface area contributed by atoms with E-state index in [1.54, 1.807) is 6.07 Å². The van der Waals surface area contributed by atoms with Crippen LogP contribution in [0.2, 0.25) is 5.02 Å². The van der Waals surface area contributed by atoms with Gasteiger partial charge in [-0.15, -0.1) is 0 Å². The predicted molar refractivity (Wildman–Crippen MR) is 114 cm³/mol. The molecule has 0 radical (unpaired) electrons. The number of nitrogens with one attached hydrogen (secondary N) is 2. The van der Waals surface area contributed by atoms with Crippen LogP contribution in [-0.2, 0) is 34.0 Å². The number of aryl methyl sites for hydroxylation is 1. The van der Waals surface area contributed by atoms with Gasteiger partial charge in [0.15, 0.2) is 0 Å². The van der Waals surface area contributed by atoms with E-state index in [0.29, 0.717) is 29.7 Å². The van der Waals surface area contributed by atoms with Gasteiger partial charge in [-0.2, -0.15) is 13.2 Å². The number of carbonyl (C=O) groups excluding carboxylic acids is 1. The van der Waals surface area contributed by atoms with Gasteiger partial charge in [0, 0.05) is 29.0 Å². The Balaban J connectivity index is 2.06. The van der Waals surface area contributed by atoms with Gasteiger partial charge in [-0.05, 0) is 41.8 Å². The van der Waals surface area contributed by atoms with Crippen molar-refractivity contribution in [2.75, 3.05) is 11.0 Å². The predicted octanol–water partition coefficient (Wildman–Crippen LogP) is 4.41. The van der Waals surface area contributed by atoms with E-state index in [2.05, 4.69) is 15.0 Å². The van der Waals surface area contributed by atoms with Crippen LogP contribution < -0.4 is 10.0 Å². The topological polar surface area (TPSA) is 88.2 Å². The molecule has 2 rings (SSSR count). The molecule has 0 aliphatic carbocycles. The number of amides is 1. The van der Waals surface area contributed by atoms with E-state index in [1.807, 2.05) is 6.92 Å². The molecule has 31 heavy (non-hydrogen) atoms. The molecular formula is C20H21ClF3N3O3S. The van der Waals surface area contributed by atoms with Crippen molar-refractivity contribution in [2.45, 2.75) is 32.5 Å². The van der Waals surface area contributed by atoms with Gasteiger partial charge in [-0.3, -0.25) is 9.52 Å². The van der Waals surface area contributed by atoms with Crippen molar-refractivity contribution in [2.24, 2.45) is 0 Å². The maximum atomic E-state index is 12.9. The number of aromatic nitrogens is 1. The Bertz CT molecular complexity index is 1090. The SMILES string of the molecule is CCCc1nc(C(F)(F)F)ccc1/C=C\C(=O)NCc1ccc(NS(C)(=O)=O)cc1Cl. The van der Waals surface area contributed by atoms with Crippen molar-refractivity contribution in [3.05, 3.63) is 63.9 Å². The Morgan fingerprint density at radius 1 is 1.23 bits per heavy atom. The van der Waals surface area contributed by atoms with Crippen molar-refractivity contribution < 1.29 is 26.4 Å². The highest BCUT2D eigenvalue weighted by molar-refractivity contribution is 7.92. The van der Waals surface area contributed by atoms with Crippen LogP contribution in [0.5, 0.6) is 0 Å². The highest BCUT2D eigenvalue weighted by Gasteiger charge is 2.32. The van der Waals surface area contributed by atoms with Gasteiger partial charge in [0.1, 0.15) is 5.69 Å². The Hall–Kier alpha value is -2.59. The van der Waals surface area contributed by atoms with E-state index in [9.17, 15) is 26.4 Å². The summed E-state index contributed by atoms with van der Waals surface area (Å²) in [5.41, 5.74) is 0.574. The minimum atomic E-state index is -4.53. The third-order valence-electron chi connectivity index (χ3n) is 4.01. The van der Waals surface area contributed by atoms with Crippen LogP contribution in [0.1, 0.15) is 35.9 Å². The molecule has 0 aliphatic rings. The molecule has 1 aromatic heterocycles. The van der Waals surface area contributed by atoms with Gasteiger partial charge < -0.3 is 5.32 Å². The van der Waals surface area contributed by atoms with Gasteiger partial charge in [0.25, 0.3) is 0 Å². The van der Waals surface area contributed by atoms with Gasteiger partial charge in [-0.1, -0.05) is 37.1 Å². The van der Waals surface area contributed by atoms with Crippen LogP contribution in [0.3, 0.4) is 0 Å². The smallest absolute Gasteiger partial charge is 0.348 e. The summed E-state index contributed by atoms with van der Waals surface area (Å²) >= 11 is 6.12. The Kier molecular flexibility index (Phi) is 8.08. The molecule has 2 aromatic rings. The summed E-state index contributed by atoms with van der Waals surface area (Å²) in [7, 11) is -3.44. The fourth-order valence-corrected chi connectivity index (χ4v) is 3.44. The van der Waals surface area contributed by atoms with Crippen molar-refractivity contribution in [3.63, 3.8) is 0 Å². The number of halogens is 4. The average Bonchev–Trinajstić information content (AvgIpc) is 2.64. The third-order valence-corrected chi connectivity index (χ3v) is 4.97. The highest BCUT2D eigenvalue weighted by atomic mass is 35.5. The molecule has 1 aromatic carbocycles. The molecular weight excluding hydrogens is 455 g/mol. The fourth-order valence-electron chi connectivity index (χ4n) is 2.63. The van der Waals surface area contributed by atoms with Crippen molar-refractivity contribution in [1.29, 1.82) is 0 Å². The maximum Gasteiger partial charge on any atom is 0.433 e. The Labute approximate surface area is 183 Å². The molecule has 6 nitrogen and oxygen atoms in total. The van der Waals surface area contributed by atoms with Crippen molar-refractivity contribution in [3.8, 4) is 0 Å². The Morgan fingerprint density at radius 2 is 1.94 bits per heavy atom. The van der Waals surface area contributed by atoms with E-state index in [1.165, 1.54) is 30.4 Å². The monoisotopic (exact) mass is 475 g/mol. The zero-order valence-corrected chi connectivity index (χ0v) is 18.3. The van der Waals surface area contributed by atoms with Crippen LogP contribution in [-0.4, -0.2) is 25.6 Å². The van der Waals surface area contributed by atoms with Gasteiger partial charge in [-0.25, -0.2) is 13.4 Å². The first-order valence-electron chi connectivity index (χ1n) is 9.18. The van der Waals surface area contributed by atoms with E-state index >= 15 is 0 Å². The van der Waals surface area contributed by atoms with Gasteiger partial charge in [0.05, 0.1) is 6.26 Å². The molecule has 0 atom stereocenters. The first kappa shape index (κ1) is 24.7. The summed E-state index contributed by atoms with van der Waals surface area (Å²) in [4.78, 5) is 15.8. The first-order chi connectivity index (χ1) is 14.4. The minimum Gasteiger partial charge on any atom is -0.348 e. The van der Waals surface area contributed by atoms with Crippen LogP contribution in [0.4, 0.5) is 18.9 Å². The average molecular weight is 476 g/mol.